The van der Waals surface area contributed by atoms with Crippen LogP contribution in [0.1, 0.15) is 49.8 Å². The standard InChI is InChI=1S/C24H32N2O/c1-24(2,3)20-10-8-18(9-11-20)16-26-12-13-27-17-21(26)14-19-15-25-23-7-5-4-6-22(19)23/h4-11,19,21,25H,12-17H2,1-3H3. The number of fused-ring (bicyclic) bond motifs is 1. The van der Waals surface area contributed by atoms with Crippen LogP contribution in [0.25, 0.3) is 0 Å². The Kier molecular flexibility index (Phi) is 5.25. The van der Waals surface area contributed by atoms with E-state index >= 15 is 0 Å². The Morgan fingerprint density at radius 2 is 1.85 bits per heavy atom. The summed E-state index contributed by atoms with van der Waals surface area (Å²) >= 11 is 0. The lowest BCUT2D eigenvalue weighted by molar-refractivity contribution is -0.0164. The van der Waals surface area contributed by atoms with E-state index in [9.17, 15) is 0 Å². The van der Waals surface area contributed by atoms with Gasteiger partial charge in [-0.05, 0) is 34.6 Å². The molecular formula is C24H32N2O. The summed E-state index contributed by atoms with van der Waals surface area (Å²) < 4.78 is 5.85. The average molecular weight is 365 g/mol. The largest absolute Gasteiger partial charge is 0.384 e. The number of ether oxygens (including phenoxy) is 1. The molecule has 1 fully saturated rings. The Bertz CT molecular complexity index is 763. The van der Waals surface area contributed by atoms with Gasteiger partial charge in [0.15, 0.2) is 0 Å². The summed E-state index contributed by atoms with van der Waals surface area (Å²) in [4.78, 5) is 2.62. The van der Waals surface area contributed by atoms with Crippen LogP contribution in [0.2, 0.25) is 0 Å². The van der Waals surface area contributed by atoms with E-state index < -0.39 is 0 Å². The molecule has 27 heavy (non-hydrogen) atoms. The van der Waals surface area contributed by atoms with Gasteiger partial charge >= 0.3 is 0 Å². The first-order valence-corrected chi connectivity index (χ1v) is 10.2. The zero-order chi connectivity index (χ0) is 18.9. The topological polar surface area (TPSA) is 24.5 Å². The van der Waals surface area contributed by atoms with E-state index in [4.69, 9.17) is 4.74 Å². The number of nitrogens with zero attached hydrogens (tertiary/aromatic N) is 1. The molecule has 0 saturated carbocycles. The molecule has 2 aromatic rings. The molecule has 0 amide bonds. The lowest BCUT2D eigenvalue weighted by atomic mass is 9.86. The Balaban J connectivity index is 1.44. The fourth-order valence-corrected chi connectivity index (χ4v) is 4.35. The second-order valence-corrected chi connectivity index (χ2v) is 9.05. The molecule has 3 nitrogen and oxygen atoms in total. The molecule has 0 spiro atoms. The molecule has 0 bridgehead atoms. The van der Waals surface area contributed by atoms with Crippen LogP contribution in [0, 0.1) is 0 Å². The zero-order valence-electron chi connectivity index (χ0n) is 16.9. The fourth-order valence-electron chi connectivity index (χ4n) is 4.35. The van der Waals surface area contributed by atoms with Crippen LogP contribution in [-0.2, 0) is 16.7 Å². The van der Waals surface area contributed by atoms with Crippen LogP contribution < -0.4 is 5.32 Å². The maximum absolute atomic E-state index is 5.85. The van der Waals surface area contributed by atoms with Crippen LogP contribution in [0.4, 0.5) is 5.69 Å². The summed E-state index contributed by atoms with van der Waals surface area (Å²) in [5.41, 5.74) is 5.79. The van der Waals surface area contributed by atoms with Gasteiger partial charge in [0.2, 0.25) is 0 Å². The van der Waals surface area contributed by atoms with Gasteiger partial charge in [-0.1, -0.05) is 63.2 Å². The first kappa shape index (κ1) is 18.5. The molecule has 0 aromatic heterocycles. The smallest absolute Gasteiger partial charge is 0.0622 e. The third-order valence-electron chi connectivity index (χ3n) is 6.05. The number of hydrogen-bond donors (Lipinski definition) is 1. The number of anilines is 1. The Morgan fingerprint density at radius 1 is 1.07 bits per heavy atom. The lowest BCUT2D eigenvalue weighted by Gasteiger charge is -2.37. The number of morpholine rings is 1. The van der Waals surface area contributed by atoms with Gasteiger partial charge in [-0.3, -0.25) is 4.90 Å². The van der Waals surface area contributed by atoms with Crippen molar-refractivity contribution in [1.82, 2.24) is 4.90 Å². The minimum atomic E-state index is 0.211. The highest BCUT2D eigenvalue weighted by Crippen LogP contribution is 2.35. The zero-order valence-corrected chi connectivity index (χ0v) is 16.9. The van der Waals surface area contributed by atoms with E-state index in [1.807, 2.05) is 0 Å². The summed E-state index contributed by atoms with van der Waals surface area (Å²) in [6, 6.07) is 18.4. The van der Waals surface area contributed by atoms with Crippen molar-refractivity contribution in [2.75, 3.05) is 31.6 Å². The predicted molar refractivity (Wildman–Crippen MR) is 112 cm³/mol. The lowest BCUT2D eigenvalue weighted by Crippen LogP contribution is -2.45. The van der Waals surface area contributed by atoms with E-state index in [0.29, 0.717) is 12.0 Å². The maximum atomic E-state index is 5.85. The van der Waals surface area contributed by atoms with Gasteiger partial charge in [0.25, 0.3) is 0 Å². The van der Waals surface area contributed by atoms with Gasteiger partial charge in [0, 0.05) is 37.3 Å². The maximum Gasteiger partial charge on any atom is 0.0622 e. The van der Waals surface area contributed by atoms with Crippen LogP contribution in [0.5, 0.6) is 0 Å². The Labute approximate surface area is 163 Å². The molecule has 2 aliphatic heterocycles. The molecule has 4 rings (SSSR count). The second-order valence-electron chi connectivity index (χ2n) is 9.05. The fraction of sp³-hybridized carbons (Fsp3) is 0.500. The van der Waals surface area contributed by atoms with Crippen molar-refractivity contribution < 1.29 is 4.74 Å². The van der Waals surface area contributed by atoms with Crippen molar-refractivity contribution in [3.8, 4) is 0 Å². The van der Waals surface area contributed by atoms with Gasteiger partial charge in [0.05, 0.1) is 13.2 Å². The normalized spacial score (nSPS) is 23.1. The summed E-state index contributed by atoms with van der Waals surface area (Å²) in [7, 11) is 0. The monoisotopic (exact) mass is 364 g/mol. The van der Waals surface area contributed by atoms with Crippen LogP contribution >= 0.6 is 0 Å². The summed E-state index contributed by atoms with van der Waals surface area (Å²) in [6.45, 7) is 11.6. The molecule has 0 radical (unpaired) electrons. The van der Waals surface area contributed by atoms with E-state index in [0.717, 1.165) is 39.3 Å². The van der Waals surface area contributed by atoms with Crippen molar-refractivity contribution in [2.45, 2.75) is 51.1 Å². The van der Waals surface area contributed by atoms with Crippen LogP contribution in [0.3, 0.4) is 0 Å². The van der Waals surface area contributed by atoms with Gasteiger partial charge in [-0.2, -0.15) is 0 Å². The highest BCUT2D eigenvalue weighted by molar-refractivity contribution is 5.57. The Hall–Kier alpha value is -1.84. The summed E-state index contributed by atoms with van der Waals surface area (Å²) in [5.74, 6) is 0.582. The van der Waals surface area contributed by atoms with Gasteiger partial charge < -0.3 is 10.1 Å². The highest BCUT2D eigenvalue weighted by Gasteiger charge is 2.30. The molecule has 2 aliphatic rings. The van der Waals surface area contributed by atoms with Crippen molar-refractivity contribution in [3.05, 3.63) is 65.2 Å². The second kappa shape index (κ2) is 7.65. The molecule has 2 unspecified atom stereocenters. The first-order chi connectivity index (χ1) is 13.0. The molecular weight excluding hydrogens is 332 g/mol. The highest BCUT2D eigenvalue weighted by atomic mass is 16.5. The molecule has 0 aliphatic carbocycles. The summed E-state index contributed by atoms with van der Waals surface area (Å²) in [6.07, 6.45) is 1.16. The van der Waals surface area contributed by atoms with Gasteiger partial charge in [0.1, 0.15) is 0 Å². The molecule has 3 heteroatoms. The van der Waals surface area contributed by atoms with Crippen molar-refractivity contribution >= 4 is 5.69 Å². The molecule has 1 N–H and O–H groups in total. The first-order valence-electron chi connectivity index (χ1n) is 10.2. The molecule has 2 aromatic carbocycles. The number of hydrogen-bond acceptors (Lipinski definition) is 3. The number of nitrogens with one attached hydrogen (secondary N) is 1. The van der Waals surface area contributed by atoms with Gasteiger partial charge in [-0.15, -0.1) is 0 Å². The number of benzene rings is 2. The predicted octanol–water partition coefficient (Wildman–Crippen LogP) is 4.78. The number of para-hydroxylation sites is 1. The molecule has 2 atom stereocenters. The number of rotatable bonds is 4. The molecule has 2 heterocycles. The third-order valence-corrected chi connectivity index (χ3v) is 6.05. The molecule has 144 valence electrons. The minimum absolute atomic E-state index is 0.211. The van der Waals surface area contributed by atoms with Crippen molar-refractivity contribution in [3.63, 3.8) is 0 Å². The van der Waals surface area contributed by atoms with Crippen molar-refractivity contribution in [1.29, 1.82) is 0 Å². The van der Waals surface area contributed by atoms with Crippen LogP contribution in [-0.4, -0.2) is 37.2 Å². The SMILES string of the molecule is CC(C)(C)c1ccc(CN2CCOCC2CC2CNc3ccccc32)cc1. The van der Waals surface area contributed by atoms with Crippen LogP contribution in [0.15, 0.2) is 48.5 Å². The Morgan fingerprint density at radius 3 is 2.63 bits per heavy atom. The minimum Gasteiger partial charge on any atom is -0.384 e. The quantitative estimate of drug-likeness (QED) is 0.845. The molecule has 1 saturated heterocycles. The third kappa shape index (κ3) is 4.20. The van der Waals surface area contributed by atoms with E-state index in [1.54, 1.807) is 0 Å². The van der Waals surface area contributed by atoms with Gasteiger partial charge in [-0.25, -0.2) is 0 Å². The van der Waals surface area contributed by atoms with E-state index in [2.05, 4.69) is 79.5 Å². The van der Waals surface area contributed by atoms with E-state index in [1.165, 1.54) is 22.4 Å². The van der Waals surface area contributed by atoms with E-state index in [-0.39, 0.29) is 5.41 Å². The summed E-state index contributed by atoms with van der Waals surface area (Å²) in [5, 5.41) is 3.57. The van der Waals surface area contributed by atoms with Crippen molar-refractivity contribution in [2.24, 2.45) is 0 Å². The average Bonchev–Trinajstić information content (AvgIpc) is 3.06.